The Morgan fingerprint density at radius 3 is 2.67 bits per heavy atom. The van der Waals surface area contributed by atoms with Gasteiger partial charge in [0.25, 0.3) is 5.91 Å². The molecule has 2 N–H and O–H groups in total. The van der Waals surface area contributed by atoms with E-state index >= 15 is 0 Å². The molecule has 5 rings (SSSR count). The molecule has 1 fully saturated rings. The molecule has 3 amide bonds. The fourth-order valence-electron chi connectivity index (χ4n) is 5.06. The van der Waals surface area contributed by atoms with Gasteiger partial charge in [0.1, 0.15) is 11.8 Å². The molecule has 2 aromatic carbocycles. The molecule has 2 aliphatic heterocycles. The van der Waals surface area contributed by atoms with E-state index in [1.54, 1.807) is 18.2 Å². The van der Waals surface area contributed by atoms with Crippen molar-refractivity contribution in [1.82, 2.24) is 10.2 Å². The number of nitrogens with one attached hydrogen (secondary N) is 1. The fourth-order valence-corrected chi connectivity index (χ4v) is 5.88. The Morgan fingerprint density at radius 1 is 1.14 bits per heavy atom. The number of fused-ring (bicyclic) bond motifs is 1. The summed E-state index contributed by atoms with van der Waals surface area (Å²) >= 11 is 3.56. The molecule has 0 bridgehead atoms. The van der Waals surface area contributed by atoms with Crippen LogP contribution in [0.3, 0.4) is 0 Å². The summed E-state index contributed by atoms with van der Waals surface area (Å²) in [6, 6.07) is 10.3. The number of carbonyl (C=O) groups is 4. The second-order valence-corrected chi connectivity index (χ2v) is 10.2. The zero-order valence-electron chi connectivity index (χ0n) is 19.6. The van der Waals surface area contributed by atoms with Crippen LogP contribution in [-0.2, 0) is 20.9 Å². The number of benzene rings is 2. The Hall–Kier alpha value is -3.59. The molecule has 2 heterocycles. The minimum absolute atomic E-state index is 0.0127. The van der Waals surface area contributed by atoms with Gasteiger partial charge in [-0.3, -0.25) is 29.5 Å². The second kappa shape index (κ2) is 9.46. The molecule has 2 atom stereocenters. The second-order valence-electron chi connectivity index (χ2n) is 9.38. The first-order chi connectivity index (χ1) is 17.2. The highest BCUT2D eigenvalue weighted by Gasteiger charge is 2.40. The van der Waals surface area contributed by atoms with Crippen LogP contribution in [0, 0.1) is 6.92 Å². The van der Waals surface area contributed by atoms with Crippen molar-refractivity contribution in [3.05, 3.63) is 74.5 Å². The number of aliphatic hydroxyl groups is 1. The number of aliphatic hydroxyl groups excluding tert-OH is 1. The van der Waals surface area contributed by atoms with Crippen LogP contribution in [0.1, 0.15) is 58.6 Å². The number of carbonyl (C=O) groups excluding carboxylic acids is 4. The summed E-state index contributed by atoms with van der Waals surface area (Å²) in [5.74, 6) is -1.46. The first-order valence-corrected chi connectivity index (χ1v) is 12.5. The van der Waals surface area contributed by atoms with E-state index in [-0.39, 0.29) is 60.7 Å². The van der Waals surface area contributed by atoms with Crippen LogP contribution in [0.2, 0.25) is 0 Å². The molecule has 8 nitrogen and oxygen atoms in total. The third-order valence-corrected chi connectivity index (χ3v) is 7.66. The number of nitrogens with zero attached hydrogens (tertiary/aromatic N) is 2. The topological polar surface area (TPSA) is 116 Å². The van der Waals surface area contributed by atoms with Gasteiger partial charge in [0.15, 0.2) is 5.78 Å². The van der Waals surface area contributed by atoms with Gasteiger partial charge in [0.05, 0.1) is 11.3 Å². The summed E-state index contributed by atoms with van der Waals surface area (Å²) in [7, 11) is 0. The average molecular weight is 550 g/mol. The molecule has 0 spiro atoms. The molecule has 1 saturated heterocycles. The molecule has 9 heteroatoms. The summed E-state index contributed by atoms with van der Waals surface area (Å²) in [4.78, 5) is 55.7. The highest BCUT2D eigenvalue weighted by atomic mass is 79.9. The van der Waals surface area contributed by atoms with Gasteiger partial charge in [-0.05, 0) is 48.6 Å². The van der Waals surface area contributed by atoms with Crippen molar-refractivity contribution in [2.45, 2.75) is 51.1 Å². The lowest BCUT2D eigenvalue weighted by Gasteiger charge is -2.29. The van der Waals surface area contributed by atoms with E-state index in [1.165, 1.54) is 11.1 Å². The summed E-state index contributed by atoms with van der Waals surface area (Å²) < 4.78 is 0.912. The number of hydrogen-bond donors (Lipinski definition) is 2. The van der Waals surface area contributed by atoms with Crippen molar-refractivity contribution >= 4 is 51.3 Å². The minimum Gasteiger partial charge on any atom is -0.511 e. The number of rotatable bonds is 4. The average Bonchev–Trinajstić information content (AvgIpc) is 3.15. The Labute approximate surface area is 216 Å². The van der Waals surface area contributed by atoms with Crippen LogP contribution in [0.5, 0.6) is 0 Å². The normalized spacial score (nSPS) is 22.4. The van der Waals surface area contributed by atoms with Gasteiger partial charge >= 0.3 is 0 Å². The van der Waals surface area contributed by atoms with Crippen LogP contribution >= 0.6 is 15.9 Å². The maximum atomic E-state index is 13.0. The van der Waals surface area contributed by atoms with Crippen molar-refractivity contribution in [2.24, 2.45) is 4.99 Å². The van der Waals surface area contributed by atoms with Gasteiger partial charge in [-0.2, -0.15) is 0 Å². The van der Waals surface area contributed by atoms with E-state index in [2.05, 4.69) is 26.2 Å². The predicted octanol–water partition coefficient (Wildman–Crippen LogP) is 4.18. The summed E-state index contributed by atoms with van der Waals surface area (Å²) in [5.41, 5.74) is 3.82. The Morgan fingerprint density at radius 2 is 1.94 bits per heavy atom. The summed E-state index contributed by atoms with van der Waals surface area (Å²) in [6.07, 6.45) is 2.39. The van der Waals surface area contributed by atoms with Gasteiger partial charge in [-0.15, -0.1) is 0 Å². The van der Waals surface area contributed by atoms with E-state index in [9.17, 15) is 24.3 Å². The smallest absolute Gasteiger partial charge is 0.255 e. The number of amides is 3. The molecule has 2 unspecified atom stereocenters. The third kappa shape index (κ3) is 4.39. The predicted molar refractivity (Wildman–Crippen MR) is 136 cm³/mol. The number of hydrogen-bond acceptors (Lipinski definition) is 6. The number of allylic oxidation sites excluding steroid dienone is 2. The first kappa shape index (κ1) is 24.1. The number of aryl methyl sites for hydroxylation is 1. The van der Waals surface area contributed by atoms with E-state index in [4.69, 9.17) is 0 Å². The maximum Gasteiger partial charge on any atom is 0.255 e. The number of piperidine rings is 1. The van der Waals surface area contributed by atoms with Gasteiger partial charge in [0, 0.05) is 47.6 Å². The molecule has 3 aliphatic rings. The number of ketones is 1. The van der Waals surface area contributed by atoms with E-state index in [0.717, 1.165) is 15.6 Å². The molecule has 1 aliphatic carbocycles. The van der Waals surface area contributed by atoms with Gasteiger partial charge < -0.3 is 10.0 Å². The summed E-state index contributed by atoms with van der Waals surface area (Å²) in [5, 5.41) is 13.0. The van der Waals surface area contributed by atoms with Gasteiger partial charge in [-0.1, -0.05) is 34.1 Å². The fraction of sp³-hybridized carbons (Fsp3) is 0.296. The van der Waals surface area contributed by atoms with Crippen molar-refractivity contribution in [3.63, 3.8) is 0 Å². The molecule has 0 saturated carbocycles. The van der Waals surface area contributed by atoms with Crippen LogP contribution in [0.15, 0.2) is 57.2 Å². The number of halogens is 1. The molecule has 2 aromatic rings. The number of Topliss-reactive ketones (excluding diaryl/α,β-unsaturated/α-hetero) is 1. The lowest BCUT2D eigenvalue weighted by atomic mass is 9.82. The Kier molecular flexibility index (Phi) is 6.34. The van der Waals surface area contributed by atoms with Crippen LogP contribution < -0.4 is 5.32 Å². The lowest BCUT2D eigenvalue weighted by Crippen LogP contribution is -2.52. The standard InChI is InChI=1S/C27H24BrN3O5/c1-14-5-6-16(20(28)9-14)15-10-23(32)18(24(33)11-15)12-29-21-4-2-3-17-19(21)13-31(27(17)36)22-7-8-25(34)30-26(22)35/h2-6,9,12,15,22,32H,7-8,10-11,13H2,1H3,(H,30,34,35). The van der Waals surface area contributed by atoms with Crippen molar-refractivity contribution < 1.29 is 24.3 Å². The Balaban J connectivity index is 1.38. The third-order valence-electron chi connectivity index (χ3n) is 6.97. The molecule has 184 valence electrons. The largest absolute Gasteiger partial charge is 0.511 e. The number of imide groups is 1. The minimum atomic E-state index is -0.718. The van der Waals surface area contributed by atoms with Crippen LogP contribution in [-0.4, -0.2) is 45.8 Å². The van der Waals surface area contributed by atoms with E-state index in [0.29, 0.717) is 23.2 Å². The van der Waals surface area contributed by atoms with Crippen molar-refractivity contribution in [3.8, 4) is 0 Å². The summed E-state index contributed by atoms with van der Waals surface area (Å²) in [6.45, 7) is 2.17. The molecular formula is C27H24BrN3O5. The van der Waals surface area contributed by atoms with E-state index < -0.39 is 11.9 Å². The molecule has 36 heavy (non-hydrogen) atoms. The van der Waals surface area contributed by atoms with Crippen molar-refractivity contribution in [2.75, 3.05) is 0 Å². The zero-order valence-corrected chi connectivity index (χ0v) is 21.2. The zero-order chi connectivity index (χ0) is 25.6. The monoisotopic (exact) mass is 549 g/mol. The SMILES string of the molecule is Cc1ccc(C2CC(=O)C(C=Nc3cccc4c3CN(C3CCC(=O)NC3=O)C4=O)=C(O)C2)c(Br)c1. The quantitative estimate of drug-likeness (QED) is 0.438. The van der Waals surface area contributed by atoms with Gasteiger partial charge in [0.2, 0.25) is 11.8 Å². The van der Waals surface area contributed by atoms with E-state index in [1.807, 2.05) is 25.1 Å². The van der Waals surface area contributed by atoms with Gasteiger partial charge in [-0.25, -0.2) is 0 Å². The molecule has 0 aromatic heterocycles. The van der Waals surface area contributed by atoms with Crippen LogP contribution in [0.4, 0.5) is 5.69 Å². The van der Waals surface area contributed by atoms with Crippen molar-refractivity contribution in [1.29, 1.82) is 0 Å². The maximum absolute atomic E-state index is 13.0. The number of aliphatic imine (C=N–C) groups is 1. The Bertz CT molecular complexity index is 1380. The lowest BCUT2D eigenvalue weighted by molar-refractivity contribution is -0.137. The molecule has 0 radical (unpaired) electrons. The van der Waals surface area contributed by atoms with Crippen LogP contribution in [0.25, 0.3) is 0 Å². The first-order valence-electron chi connectivity index (χ1n) is 11.7. The highest BCUT2D eigenvalue weighted by Crippen LogP contribution is 2.38. The highest BCUT2D eigenvalue weighted by molar-refractivity contribution is 9.10. The molecular weight excluding hydrogens is 526 g/mol.